The molecule has 0 radical (unpaired) electrons. The molecule has 30 heavy (non-hydrogen) atoms. The standard InChI is InChI=1S/C24H24FN3O2/c1-16-11-22(21-12-19(25)13-23(29-2)24(21)27-16)30-20-7-9-28(10-8-20)15-18-6-4-3-5-17(18)14-26/h3-6,11-13,20H,7-10,15H2,1-2H3. The van der Waals surface area contributed by atoms with E-state index in [-0.39, 0.29) is 11.9 Å². The number of hydrogen-bond donors (Lipinski definition) is 0. The fourth-order valence-electron chi connectivity index (χ4n) is 3.98. The summed E-state index contributed by atoms with van der Waals surface area (Å²) in [5, 5.41) is 9.92. The van der Waals surface area contributed by atoms with E-state index in [1.807, 2.05) is 37.3 Å². The number of nitriles is 1. The molecular weight excluding hydrogens is 381 g/mol. The van der Waals surface area contributed by atoms with Gasteiger partial charge in [-0.05, 0) is 37.5 Å². The van der Waals surface area contributed by atoms with Crippen molar-refractivity contribution < 1.29 is 13.9 Å². The molecule has 2 heterocycles. The number of halogens is 1. The normalized spacial score (nSPS) is 15.1. The number of piperidine rings is 1. The summed E-state index contributed by atoms with van der Waals surface area (Å²) in [4.78, 5) is 6.85. The Morgan fingerprint density at radius 1 is 1.17 bits per heavy atom. The zero-order chi connectivity index (χ0) is 21.1. The Bertz CT molecular complexity index is 1100. The highest BCUT2D eigenvalue weighted by atomic mass is 19.1. The van der Waals surface area contributed by atoms with Crippen molar-refractivity contribution >= 4 is 10.9 Å². The van der Waals surface area contributed by atoms with Gasteiger partial charge in [0.15, 0.2) is 0 Å². The number of pyridine rings is 1. The van der Waals surface area contributed by atoms with Crippen LogP contribution in [0.4, 0.5) is 4.39 Å². The molecule has 5 nitrogen and oxygen atoms in total. The molecule has 0 unspecified atom stereocenters. The molecule has 1 aliphatic rings. The number of likely N-dealkylation sites (tertiary alicyclic amines) is 1. The first-order valence-electron chi connectivity index (χ1n) is 10.1. The second-order valence-corrected chi connectivity index (χ2v) is 7.63. The second-order valence-electron chi connectivity index (χ2n) is 7.63. The SMILES string of the molecule is COc1cc(F)cc2c(OC3CCN(Cc4ccccc4C#N)CC3)cc(C)nc12. The van der Waals surface area contributed by atoms with Gasteiger partial charge < -0.3 is 9.47 Å². The summed E-state index contributed by atoms with van der Waals surface area (Å²) in [7, 11) is 1.51. The lowest BCUT2D eigenvalue weighted by atomic mass is 10.0. The lowest BCUT2D eigenvalue weighted by Crippen LogP contribution is -2.38. The highest BCUT2D eigenvalue weighted by Gasteiger charge is 2.23. The maximum Gasteiger partial charge on any atom is 0.148 e. The molecule has 1 aromatic heterocycles. The van der Waals surface area contributed by atoms with Crippen LogP contribution < -0.4 is 9.47 Å². The van der Waals surface area contributed by atoms with Crippen molar-refractivity contribution in [2.24, 2.45) is 0 Å². The predicted octanol–water partition coefficient (Wildman–Crippen LogP) is 4.61. The van der Waals surface area contributed by atoms with E-state index in [9.17, 15) is 9.65 Å². The van der Waals surface area contributed by atoms with Crippen molar-refractivity contribution in [3.05, 3.63) is 65.1 Å². The van der Waals surface area contributed by atoms with E-state index in [0.29, 0.717) is 22.4 Å². The largest absolute Gasteiger partial charge is 0.494 e. The molecule has 0 aliphatic carbocycles. The molecule has 154 valence electrons. The molecule has 4 rings (SSSR count). The van der Waals surface area contributed by atoms with Crippen molar-refractivity contribution in [3.63, 3.8) is 0 Å². The third kappa shape index (κ3) is 4.22. The lowest BCUT2D eigenvalue weighted by molar-refractivity contribution is 0.0978. The van der Waals surface area contributed by atoms with Crippen LogP contribution in [0.2, 0.25) is 0 Å². The van der Waals surface area contributed by atoms with Gasteiger partial charge in [-0.3, -0.25) is 4.90 Å². The Labute approximate surface area is 175 Å². The third-order valence-corrected chi connectivity index (χ3v) is 5.51. The molecule has 6 heteroatoms. The Morgan fingerprint density at radius 3 is 2.67 bits per heavy atom. The van der Waals surface area contributed by atoms with Gasteiger partial charge in [0, 0.05) is 42.8 Å². The van der Waals surface area contributed by atoms with Crippen LogP contribution in [0.3, 0.4) is 0 Å². The topological polar surface area (TPSA) is 58.4 Å². The monoisotopic (exact) mass is 405 g/mol. The highest BCUT2D eigenvalue weighted by Crippen LogP contribution is 2.34. The summed E-state index contributed by atoms with van der Waals surface area (Å²) in [5.41, 5.74) is 3.19. The summed E-state index contributed by atoms with van der Waals surface area (Å²) in [6, 6.07) is 14.6. The number of aryl methyl sites for hydroxylation is 1. The summed E-state index contributed by atoms with van der Waals surface area (Å²) in [6.45, 7) is 4.41. The van der Waals surface area contributed by atoms with Gasteiger partial charge in [0.1, 0.15) is 28.9 Å². The Kier molecular flexibility index (Phi) is 5.82. The average Bonchev–Trinajstić information content (AvgIpc) is 2.75. The Morgan fingerprint density at radius 2 is 1.93 bits per heavy atom. The van der Waals surface area contributed by atoms with E-state index in [0.717, 1.165) is 49.3 Å². The van der Waals surface area contributed by atoms with E-state index in [2.05, 4.69) is 16.0 Å². The van der Waals surface area contributed by atoms with Crippen molar-refractivity contribution in [3.8, 4) is 17.6 Å². The molecule has 0 bridgehead atoms. The van der Waals surface area contributed by atoms with E-state index in [1.54, 1.807) is 0 Å². The van der Waals surface area contributed by atoms with Crippen molar-refractivity contribution in [1.29, 1.82) is 5.26 Å². The summed E-state index contributed by atoms with van der Waals surface area (Å²) in [6.07, 6.45) is 1.78. The van der Waals surface area contributed by atoms with Crippen LogP contribution >= 0.6 is 0 Å². The van der Waals surface area contributed by atoms with E-state index < -0.39 is 0 Å². The molecule has 3 aromatic rings. The van der Waals surface area contributed by atoms with Crippen molar-refractivity contribution in [1.82, 2.24) is 9.88 Å². The minimum atomic E-state index is -0.374. The number of ether oxygens (including phenoxy) is 2. The van der Waals surface area contributed by atoms with Gasteiger partial charge in [0.25, 0.3) is 0 Å². The summed E-state index contributed by atoms with van der Waals surface area (Å²) < 4.78 is 25.7. The number of fused-ring (bicyclic) bond motifs is 1. The number of benzene rings is 2. The van der Waals surface area contributed by atoms with Gasteiger partial charge >= 0.3 is 0 Å². The molecule has 0 atom stereocenters. The molecule has 2 aromatic carbocycles. The van der Waals surface area contributed by atoms with Crippen LogP contribution in [-0.2, 0) is 6.54 Å². The quantitative estimate of drug-likeness (QED) is 0.621. The molecule has 0 amide bonds. The molecule has 1 saturated heterocycles. The van der Waals surface area contributed by atoms with Gasteiger partial charge in [-0.15, -0.1) is 0 Å². The lowest BCUT2D eigenvalue weighted by Gasteiger charge is -2.32. The van der Waals surface area contributed by atoms with Gasteiger partial charge in [0.05, 0.1) is 18.7 Å². The second kappa shape index (κ2) is 8.68. The van der Waals surface area contributed by atoms with Crippen molar-refractivity contribution in [2.75, 3.05) is 20.2 Å². The molecular formula is C24H24FN3O2. The number of nitrogens with zero attached hydrogens (tertiary/aromatic N) is 3. The maximum atomic E-state index is 14.1. The maximum absolute atomic E-state index is 14.1. The van der Waals surface area contributed by atoms with Crippen LogP contribution in [0.5, 0.6) is 11.5 Å². The number of hydrogen-bond acceptors (Lipinski definition) is 5. The van der Waals surface area contributed by atoms with Crippen LogP contribution in [-0.4, -0.2) is 36.2 Å². The van der Waals surface area contributed by atoms with E-state index >= 15 is 0 Å². The van der Waals surface area contributed by atoms with Gasteiger partial charge in [-0.25, -0.2) is 9.37 Å². The van der Waals surface area contributed by atoms with Crippen LogP contribution in [0, 0.1) is 24.1 Å². The first-order valence-corrected chi connectivity index (χ1v) is 10.1. The number of rotatable bonds is 5. The zero-order valence-corrected chi connectivity index (χ0v) is 17.2. The summed E-state index contributed by atoms with van der Waals surface area (Å²) in [5.74, 6) is 0.675. The van der Waals surface area contributed by atoms with Gasteiger partial charge in [-0.1, -0.05) is 18.2 Å². The minimum absolute atomic E-state index is 0.0479. The fraction of sp³-hybridized carbons (Fsp3) is 0.333. The molecule has 0 spiro atoms. The molecule has 0 saturated carbocycles. The van der Waals surface area contributed by atoms with Gasteiger partial charge in [-0.2, -0.15) is 5.26 Å². The number of methoxy groups -OCH3 is 1. The first-order chi connectivity index (χ1) is 14.6. The van der Waals surface area contributed by atoms with E-state index in [4.69, 9.17) is 9.47 Å². The smallest absolute Gasteiger partial charge is 0.148 e. The minimum Gasteiger partial charge on any atom is -0.494 e. The Hall–Kier alpha value is -3.17. The molecule has 1 aliphatic heterocycles. The highest BCUT2D eigenvalue weighted by molar-refractivity contribution is 5.90. The zero-order valence-electron chi connectivity index (χ0n) is 17.2. The Balaban J connectivity index is 1.47. The first kappa shape index (κ1) is 20.1. The molecule has 0 N–H and O–H groups in total. The average molecular weight is 405 g/mol. The van der Waals surface area contributed by atoms with Crippen LogP contribution in [0.1, 0.15) is 29.7 Å². The third-order valence-electron chi connectivity index (χ3n) is 5.51. The van der Waals surface area contributed by atoms with E-state index in [1.165, 1.54) is 19.2 Å². The van der Waals surface area contributed by atoms with Crippen LogP contribution in [0.25, 0.3) is 10.9 Å². The molecule has 1 fully saturated rings. The fourth-order valence-corrected chi connectivity index (χ4v) is 3.98. The summed E-state index contributed by atoms with van der Waals surface area (Å²) >= 11 is 0. The van der Waals surface area contributed by atoms with Gasteiger partial charge in [0.2, 0.25) is 0 Å². The number of aromatic nitrogens is 1. The van der Waals surface area contributed by atoms with Crippen LogP contribution in [0.15, 0.2) is 42.5 Å². The predicted molar refractivity (Wildman–Crippen MR) is 113 cm³/mol. The van der Waals surface area contributed by atoms with Crippen molar-refractivity contribution in [2.45, 2.75) is 32.4 Å².